The first-order valence-electron chi connectivity index (χ1n) is 11.8. The number of piperidine rings is 1. The number of pyridine rings is 1. The highest BCUT2D eigenvalue weighted by Gasteiger charge is 2.29. The fourth-order valence-electron chi connectivity index (χ4n) is 4.46. The number of nitrogens with one attached hydrogen (secondary N) is 1. The number of hydrogen-bond donors (Lipinski definition) is 1. The normalized spacial score (nSPS) is 15.6. The van der Waals surface area contributed by atoms with E-state index in [1.807, 2.05) is 29.6 Å². The predicted molar refractivity (Wildman–Crippen MR) is 135 cm³/mol. The van der Waals surface area contributed by atoms with Gasteiger partial charge >= 0.3 is 0 Å². The van der Waals surface area contributed by atoms with Crippen LogP contribution >= 0.6 is 11.3 Å². The molecule has 0 bridgehead atoms. The Morgan fingerprint density at radius 2 is 2.06 bits per heavy atom. The van der Waals surface area contributed by atoms with Gasteiger partial charge in [0.15, 0.2) is 0 Å². The van der Waals surface area contributed by atoms with Crippen LogP contribution in [0.4, 0.5) is 0 Å². The number of hydrogen-bond acceptors (Lipinski definition) is 6. The van der Waals surface area contributed by atoms with E-state index in [9.17, 15) is 14.4 Å². The van der Waals surface area contributed by atoms with Crippen LogP contribution in [0.25, 0.3) is 0 Å². The highest BCUT2D eigenvalue weighted by atomic mass is 32.1. The van der Waals surface area contributed by atoms with Crippen molar-refractivity contribution in [2.45, 2.75) is 51.7 Å². The zero-order chi connectivity index (χ0) is 24.8. The van der Waals surface area contributed by atoms with Crippen LogP contribution in [0.5, 0.6) is 5.75 Å². The molecule has 1 atom stereocenters. The fraction of sp³-hybridized carbons (Fsp3) is 0.385. The average molecular weight is 495 g/mol. The molecule has 1 aliphatic heterocycles. The summed E-state index contributed by atoms with van der Waals surface area (Å²) >= 11 is 1.42. The van der Waals surface area contributed by atoms with Crippen LogP contribution in [-0.4, -0.2) is 46.0 Å². The summed E-state index contributed by atoms with van der Waals surface area (Å²) in [5.41, 5.74) is 0.342. The third-order valence-corrected chi connectivity index (χ3v) is 7.08. The lowest BCUT2D eigenvalue weighted by atomic mass is 9.98. The van der Waals surface area contributed by atoms with Crippen molar-refractivity contribution in [3.63, 3.8) is 0 Å². The predicted octanol–water partition coefficient (Wildman–Crippen LogP) is 3.70. The molecule has 9 heteroatoms. The Kier molecular flexibility index (Phi) is 7.97. The molecular formula is C26H30N4O4S. The Morgan fingerprint density at radius 1 is 1.23 bits per heavy atom. The second-order valence-corrected chi connectivity index (χ2v) is 9.58. The lowest BCUT2D eigenvalue weighted by molar-refractivity contribution is 0.0605. The van der Waals surface area contributed by atoms with Crippen molar-refractivity contribution in [1.29, 1.82) is 0 Å². The molecule has 0 unspecified atom stereocenters. The largest absolute Gasteiger partial charge is 0.497 e. The molecule has 0 spiro atoms. The number of benzene rings is 1. The number of nitrogens with zero attached hydrogens (tertiary/aromatic N) is 3. The molecule has 0 aliphatic carbocycles. The number of aromatic nitrogens is 2. The van der Waals surface area contributed by atoms with Gasteiger partial charge in [0, 0.05) is 43.1 Å². The molecule has 8 nitrogen and oxygen atoms in total. The highest BCUT2D eigenvalue weighted by Crippen LogP contribution is 2.21. The first-order chi connectivity index (χ1) is 17.0. The van der Waals surface area contributed by atoms with Crippen molar-refractivity contribution < 1.29 is 14.3 Å². The van der Waals surface area contributed by atoms with Crippen molar-refractivity contribution >= 4 is 23.2 Å². The number of likely N-dealkylation sites (tertiary alicyclic amines) is 1. The van der Waals surface area contributed by atoms with Crippen molar-refractivity contribution in [2.75, 3.05) is 13.7 Å². The third kappa shape index (κ3) is 5.79. The van der Waals surface area contributed by atoms with Gasteiger partial charge in [0.2, 0.25) is 5.43 Å². The second kappa shape index (κ2) is 11.3. The van der Waals surface area contributed by atoms with Gasteiger partial charge in [-0.25, -0.2) is 4.98 Å². The van der Waals surface area contributed by atoms with E-state index in [0.717, 1.165) is 36.3 Å². The summed E-state index contributed by atoms with van der Waals surface area (Å²) in [4.78, 5) is 46.0. The molecule has 2 aromatic heterocycles. The van der Waals surface area contributed by atoms with Crippen LogP contribution < -0.4 is 15.5 Å². The summed E-state index contributed by atoms with van der Waals surface area (Å²) in [7, 11) is 1.60. The van der Waals surface area contributed by atoms with E-state index in [2.05, 4.69) is 17.2 Å². The average Bonchev–Trinajstić information content (AvgIpc) is 3.41. The van der Waals surface area contributed by atoms with E-state index in [1.165, 1.54) is 17.5 Å². The quantitative estimate of drug-likeness (QED) is 0.515. The Labute approximate surface area is 208 Å². The Morgan fingerprint density at radius 3 is 2.80 bits per heavy atom. The summed E-state index contributed by atoms with van der Waals surface area (Å²) < 4.78 is 7.05. The molecule has 184 valence electrons. The minimum Gasteiger partial charge on any atom is -0.497 e. The van der Waals surface area contributed by atoms with Gasteiger partial charge in [0.25, 0.3) is 11.8 Å². The molecule has 0 radical (unpaired) electrons. The monoisotopic (exact) mass is 494 g/mol. The van der Waals surface area contributed by atoms with Gasteiger partial charge in [0.1, 0.15) is 21.9 Å². The maximum atomic E-state index is 13.6. The van der Waals surface area contributed by atoms with Gasteiger partial charge in [-0.3, -0.25) is 14.4 Å². The number of methoxy groups -OCH3 is 1. The van der Waals surface area contributed by atoms with Gasteiger partial charge in [0.05, 0.1) is 13.7 Å². The molecule has 1 saturated heterocycles. The number of carbonyl (C=O) groups is 2. The second-order valence-electron chi connectivity index (χ2n) is 8.60. The van der Waals surface area contributed by atoms with Crippen molar-refractivity contribution in [3.8, 4) is 5.75 Å². The minimum absolute atomic E-state index is 0.0233. The molecule has 4 rings (SSSR count). The third-order valence-electron chi connectivity index (χ3n) is 6.30. The number of amides is 2. The summed E-state index contributed by atoms with van der Waals surface area (Å²) in [6, 6.07) is 7.65. The minimum atomic E-state index is -0.547. The van der Waals surface area contributed by atoms with E-state index in [4.69, 9.17) is 4.74 Å². The Hall–Kier alpha value is -3.46. The summed E-state index contributed by atoms with van der Waals surface area (Å²) in [6.45, 7) is 3.27. The Bertz CT molecular complexity index is 1240. The van der Waals surface area contributed by atoms with Crippen LogP contribution in [0, 0.1) is 0 Å². The molecule has 1 N–H and O–H groups in total. The highest BCUT2D eigenvalue weighted by molar-refractivity contribution is 7.09. The number of rotatable bonds is 8. The summed E-state index contributed by atoms with van der Waals surface area (Å²) in [5.74, 6) is -0.124. The molecule has 1 aromatic carbocycles. The first kappa shape index (κ1) is 24.7. The number of carbonyl (C=O) groups excluding carboxylic acids is 2. The smallest absolute Gasteiger partial charge is 0.259 e. The molecule has 1 aliphatic rings. The van der Waals surface area contributed by atoms with E-state index in [1.54, 1.807) is 29.0 Å². The van der Waals surface area contributed by atoms with Gasteiger partial charge in [-0.2, -0.15) is 0 Å². The molecular weight excluding hydrogens is 464 g/mol. The SMILES string of the molecule is CC[C@H]1CCCCN1C(=O)c1cn(Cc2cccc(OC)c2)cc(C(=O)NCc2nccs2)c1=O. The molecule has 35 heavy (non-hydrogen) atoms. The van der Waals surface area contributed by atoms with Gasteiger partial charge in [-0.15, -0.1) is 11.3 Å². The number of ether oxygens (including phenoxy) is 1. The lowest BCUT2D eigenvalue weighted by Crippen LogP contribution is -2.45. The Balaban J connectivity index is 1.69. The molecule has 1 fully saturated rings. The zero-order valence-electron chi connectivity index (χ0n) is 20.0. The molecule has 2 amide bonds. The number of thiazole rings is 1. The van der Waals surface area contributed by atoms with Crippen LogP contribution in [0.1, 0.15) is 63.9 Å². The van der Waals surface area contributed by atoms with E-state index < -0.39 is 11.3 Å². The van der Waals surface area contributed by atoms with Crippen molar-refractivity contribution in [1.82, 2.24) is 19.8 Å². The van der Waals surface area contributed by atoms with Gasteiger partial charge < -0.3 is 19.5 Å². The summed E-state index contributed by atoms with van der Waals surface area (Å²) in [5, 5.41) is 5.33. The van der Waals surface area contributed by atoms with E-state index in [-0.39, 0.29) is 29.6 Å². The van der Waals surface area contributed by atoms with Crippen LogP contribution in [0.15, 0.2) is 53.0 Å². The lowest BCUT2D eigenvalue weighted by Gasteiger charge is -2.35. The molecule has 3 aromatic rings. The van der Waals surface area contributed by atoms with Crippen LogP contribution in [-0.2, 0) is 13.1 Å². The van der Waals surface area contributed by atoms with Crippen LogP contribution in [0.2, 0.25) is 0 Å². The zero-order valence-corrected chi connectivity index (χ0v) is 20.8. The fourth-order valence-corrected chi connectivity index (χ4v) is 5.01. The van der Waals surface area contributed by atoms with Crippen molar-refractivity contribution in [2.24, 2.45) is 0 Å². The van der Waals surface area contributed by atoms with E-state index in [0.29, 0.717) is 18.8 Å². The molecule has 0 saturated carbocycles. The maximum Gasteiger partial charge on any atom is 0.259 e. The van der Waals surface area contributed by atoms with E-state index >= 15 is 0 Å². The van der Waals surface area contributed by atoms with Gasteiger partial charge in [-0.1, -0.05) is 19.1 Å². The first-order valence-corrected chi connectivity index (χ1v) is 12.7. The molecule has 3 heterocycles. The van der Waals surface area contributed by atoms with Crippen LogP contribution in [0.3, 0.4) is 0 Å². The standard InChI is InChI=1S/C26H30N4O4S/c1-3-19-8-4-5-11-30(19)26(33)22-17-29(15-18-7-6-9-20(13-18)34-2)16-21(24(22)31)25(32)28-14-23-27-10-12-35-23/h6-7,9-10,12-13,16-17,19H,3-5,8,11,14-15H2,1-2H3,(H,28,32)/t19-/m0/s1. The maximum absolute atomic E-state index is 13.6. The van der Waals surface area contributed by atoms with Crippen molar-refractivity contribution in [3.05, 3.63) is 80.2 Å². The topological polar surface area (TPSA) is 93.5 Å². The van der Waals surface area contributed by atoms with Gasteiger partial charge in [-0.05, 0) is 43.4 Å². The summed E-state index contributed by atoms with van der Waals surface area (Å²) in [6.07, 6.45) is 8.49.